The van der Waals surface area contributed by atoms with E-state index in [-0.39, 0.29) is 13.0 Å². The van der Waals surface area contributed by atoms with Gasteiger partial charge in [-0.1, -0.05) is 18.2 Å². The van der Waals surface area contributed by atoms with Gasteiger partial charge in [-0.15, -0.1) is 0 Å². The summed E-state index contributed by atoms with van der Waals surface area (Å²) in [6.45, 7) is -0.164. The minimum absolute atomic E-state index is 0.161. The summed E-state index contributed by atoms with van der Waals surface area (Å²) in [5.41, 5.74) is 1.00. The van der Waals surface area contributed by atoms with Crippen LogP contribution in [0.4, 0.5) is 4.39 Å². The molecule has 0 radical (unpaired) electrons. The van der Waals surface area contributed by atoms with E-state index in [0.29, 0.717) is 11.1 Å². The molecule has 0 aliphatic carbocycles. The van der Waals surface area contributed by atoms with Gasteiger partial charge in [0.25, 0.3) is 0 Å². The molecule has 0 aliphatic rings. The minimum Gasteiger partial charge on any atom is -0.481 e. The van der Waals surface area contributed by atoms with Crippen LogP contribution in [0.3, 0.4) is 0 Å². The van der Waals surface area contributed by atoms with Crippen LogP contribution in [0.1, 0.15) is 11.1 Å². The van der Waals surface area contributed by atoms with Gasteiger partial charge in [0.05, 0.1) is 13.0 Å². The number of aliphatic carboxylic acids is 1. The maximum atomic E-state index is 12.9. The summed E-state index contributed by atoms with van der Waals surface area (Å²) in [6.07, 6.45) is 2.77. The van der Waals surface area contributed by atoms with E-state index in [1.807, 2.05) is 0 Å². The molecule has 0 fully saturated rings. The van der Waals surface area contributed by atoms with Crippen LogP contribution >= 0.6 is 0 Å². The van der Waals surface area contributed by atoms with Crippen LogP contribution < -0.4 is 0 Å². The van der Waals surface area contributed by atoms with Crippen molar-refractivity contribution >= 4 is 12.0 Å². The number of carboxylic acids is 1. The predicted molar refractivity (Wildman–Crippen MR) is 53.9 cm³/mol. The number of aliphatic hydroxyl groups is 1. The average molecular weight is 210 g/mol. The van der Waals surface area contributed by atoms with Crippen LogP contribution in [0, 0.1) is 5.82 Å². The van der Waals surface area contributed by atoms with Gasteiger partial charge < -0.3 is 10.2 Å². The molecule has 0 saturated heterocycles. The molecule has 0 spiro atoms. The normalized spacial score (nSPS) is 10.8. The number of aliphatic hydroxyl groups excluding tert-OH is 1. The van der Waals surface area contributed by atoms with Gasteiger partial charge in [-0.05, 0) is 23.3 Å². The molecule has 3 nitrogen and oxygen atoms in total. The second kappa shape index (κ2) is 5.26. The van der Waals surface area contributed by atoms with Crippen molar-refractivity contribution in [2.45, 2.75) is 6.42 Å². The van der Waals surface area contributed by atoms with Gasteiger partial charge in [0.2, 0.25) is 0 Å². The van der Waals surface area contributed by atoms with Crippen molar-refractivity contribution in [3.63, 3.8) is 0 Å². The summed E-state index contributed by atoms with van der Waals surface area (Å²) in [7, 11) is 0. The van der Waals surface area contributed by atoms with E-state index in [1.165, 1.54) is 30.4 Å². The number of halogens is 1. The molecule has 0 aliphatic heterocycles. The van der Waals surface area contributed by atoms with Crippen LogP contribution in [0.2, 0.25) is 0 Å². The molecule has 0 amide bonds. The molecular formula is C11H11FO3. The zero-order valence-electron chi connectivity index (χ0n) is 7.98. The Labute approximate surface area is 86.5 Å². The first-order valence-electron chi connectivity index (χ1n) is 4.41. The lowest BCUT2D eigenvalue weighted by Gasteiger charge is -2.03. The van der Waals surface area contributed by atoms with Gasteiger partial charge in [0, 0.05) is 0 Å². The Kier molecular flexibility index (Phi) is 4.00. The Balaban J connectivity index is 3.02. The van der Waals surface area contributed by atoms with E-state index in [0.717, 1.165) is 0 Å². The quantitative estimate of drug-likeness (QED) is 0.790. The lowest BCUT2D eigenvalue weighted by Crippen LogP contribution is -2.02. The molecule has 0 heterocycles. The Morgan fingerprint density at radius 3 is 2.80 bits per heavy atom. The molecule has 1 aromatic rings. The van der Waals surface area contributed by atoms with Crippen molar-refractivity contribution < 1.29 is 19.4 Å². The van der Waals surface area contributed by atoms with E-state index in [1.54, 1.807) is 0 Å². The standard InChI is InChI=1S/C11H11FO3/c12-10-4-3-9(7-11(14)15)8(6-10)2-1-5-13/h1-4,6,13H,5,7H2,(H,14,15). The van der Waals surface area contributed by atoms with Crippen molar-refractivity contribution in [3.8, 4) is 0 Å². The Hall–Kier alpha value is -1.68. The highest BCUT2D eigenvalue weighted by Crippen LogP contribution is 2.14. The molecule has 0 atom stereocenters. The first-order valence-corrected chi connectivity index (χ1v) is 4.41. The minimum atomic E-state index is -0.972. The fourth-order valence-electron chi connectivity index (χ4n) is 1.22. The zero-order chi connectivity index (χ0) is 11.3. The molecule has 2 N–H and O–H groups in total. The summed E-state index contributed by atoms with van der Waals surface area (Å²) in [6, 6.07) is 3.89. The van der Waals surface area contributed by atoms with Gasteiger partial charge in [0.1, 0.15) is 5.82 Å². The first-order chi connectivity index (χ1) is 7.13. The number of rotatable bonds is 4. The predicted octanol–water partition coefficient (Wildman–Crippen LogP) is 1.46. The third-order valence-electron chi connectivity index (χ3n) is 1.85. The third kappa shape index (κ3) is 3.52. The number of hydrogen-bond acceptors (Lipinski definition) is 2. The molecule has 1 aromatic carbocycles. The summed E-state index contributed by atoms with van der Waals surface area (Å²) in [4.78, 5) is 10.5. The molecule has 1 rings (SSSR count). The fraction of sp³-hybridized carbons (Fsp3) is 0.182. The third-order valence-corrected chi connectivity index (χ3v) is 1.85. The number of benzene rings is 1. The second-order valence-corrected chi connectivity index (χ2v) is 3.00. The molecule has 80 valence electrons. The van der Waals surface area contributed by atoms with E-state index < -0.39 is 11.8 Å². The molecule has 0 bridgehead atoms. The van der Waals surface area contributed by atoms with Crippen LogP contribution in [0.5, 0.6) is 0 Å². The second-order valence-electron chi connectivity index (χ2n) is 3.00. The first kappa shape index (κ1) is 11.4. The number of hydrogen-bond donors (Lipinski definition) is 2. The van der Waals surface area contributed by atoms with Crippen LogP contribution in [0.25, 0.3) is 6.08 Å². The van der Waals surface area contributed by atoms with Gasteiger partial charge >= 0.3 is 5.97 Å². The van der Waals surface area contributed by atoms with Crippen molar-refractivity contribution in [1.29, 1.82) is 0 Å². The van der Waals surface area contributed by atoms with Gasteiger partial charge in [-0.25, -0.2) is 4.39 Å². The number of carboxylic acid groups (broad SMARTS) is 1. The van der Waals surface area contributed by atoms with Crippen LogP contribution in [-0.4, -0.2) is 22.8 Å². The lowest BCUT2D eigenvalue weighted by molar-refractivity contribution is -0.136. The molecule has 0 saturated carbocycles. The van der Waals surface area contributed by atoms with Crippen LogP contribution in [0.15, 0.2) is 24.3 Å². The average Bonchev–Trinajstić information content (AvgIpc) is 2.18. The highest BCUT2D eigenvalue weighted by atomic mass is 19.1. The van der Waals surface area contributed by atoms with Crippen molar-refractivity contribution in [2.24, 2.45) is 0 Å². The van der Waals surface area contributed by atoms with E-state index in [4.69, 9.17) is 10.2 Å². The van der Waals surface area contributed by atoms with E-state index in [9.17, 15) is 9.18 Å². The van der Waals surface area contributed by atoms with Crippen LogP contribution in [-0.2, 0) is 11.2 Å². The van der Waals surface area contributed by atoms with Gasteiger partial charge in [-0.3, -0.25) is 4.79 Å². The zero-order valence-corrected chi connectivity index (χ0v) is 7.98. The van der Waals surface area contributed by atoms with E-state index >= 15 is 0 Å². The smallest absolute Gasteiger partial charge is 0.307 e. The fourth-order valence-corrected chi connectivity index (χ4v) is 1.22. The summed E-state index contributed by atoms with van der Waals surface area (Å²) in [5.74, 6) is -1.40. The highest BCUT2D eigenvalue weighted by Gasteiger charge is 2.05. The molecule has 4 heteroatoms. The monoisotopic (exact) mass is 210 g/mol. The maximum absolute atomic E-state index is 12.9. The molecule has 0 unspecified atom stereocenters. The van der Waals surface area contributed by atoms with Crippen molar-refractivity contribution in [1.82, 2.24) is 0 Å². The van der Waals surface area contributed by atoms with Crippen molar-refractivity contribution in [3.05, 3.63) is 41.2 Å². The summed E-state index contributed by atoms with van der Waals surface area (Å²) >= 11 is 0. The van der Waals surface area contributed by atoms with Crippen molar-refractivity contribution in [2.75, 3.05) is 6.61 Å². The Morgan fingerprint density at radius 2 is 2.20 bits per heavy atom. The largest absolute Gasteiger partial charge is 0.481 e. The van der Waals surface area contributed by atoms with Gasteiger partial charge in [0.15, 0.2) is 0 Å². The van der Waals surface area contributed by atoms with E-state index in [2.05, 4.69) is 0 Å². The van der Waals surface area contributed by atoms with Gasteiger partial charge in [-0.2, -0.15) is 0 Å². The Bertz CT molecular complexity index is 385. The number of carbonyl (C=O) groups is 1. The topological polar surface area (TPSA) is 57.5 Å². The summed E-state index contributed by atoms with van der Waals surface area (Å²) in [5, 5.41) is 17.2. The molecule has 15 heavy (non-hydrogen) atoms. The lowest BCUT2D eigenvalue weighted by atomic mass is 10.0. The Morgan fingerprint density at radius 1 is 1.47 bits per heavy atom. The molecular weight excluding hydrogens is 199 g/mol. The molecule has 0 aromatic heterocycles. The highest BCUT2D eigenvalue weighted by molar-refractivity contribution is 5.72. The summed E-state index contributed by atoms with van der Waals surface area (Å²) < 4.78 is 12.9. The maximum Gasteiger partial charge on any atom is 0.307 e. The SMILES string of the molecule is O=C(O)Cc1ccc(F)cc1C=CCO.